The first kappa shape index (κ1) is 12.1. The average molecular weight is 278 g/mol. The molecule has 0 aliphatic carbocycles. The first-order chi connectivity index (χ1) is 9.22. The molecule has 0 bridgehead atoms. The number of hydrogen-bond donors (Lipinski definition) is 1. The van der Waals surface area contributed by atoms with Crippen LogP contribution < -0.4 is 10.1 Å². The number of benzene rings is 1. The van der Waals surface area contributed by atoms with Gasteiger partial charge in [0.2, 0.25) is 0 Å². The first-order valence-corrected chi connectivity index (χ1v) is 6.69. The predicted molar refractivity (Wildman–Crippen MR) is 68.9 cm³/mol. The van der Waals surface area contributed by atoms with Crippen LogP contribution in [0.3, 0.4) is 0 Å². The van der Waals surface area contributed by atoms with E-state index in [-0.39, 0.29) is 18.3 Å². The minimum absolute atomic E-state index is 0.0734. The number of aromatic nitrogens is 1. The molecule has 0 fully saturated rings. The van der Waals surface area contributed by atoms with Gasteiger partial charge in [0.1, 0.15) is 28.1 Å². The fraction of sp³-hybridized carbons (Fsp3) is 0.231. The highest BCUT2D eigenvalue weighted by Gasteiger charge is 2.21. The summed E-state index contributed by atoms with van der Waals surface area (Å²) < 4.78 is 18.4. The topological polar surface area (TPSA) is 51.2 Å². The van der Waals surface area contributed by atoms with E-state index in [2.05, 4.69) is 10.3 Å². The number of ether oxygens (including phenoxy) is 1. The molecule has 0 atom stereocenters. The third-order valence-electron chi connectivity index (χ3n) is 2.75. The first-order valence-electron chi connectivity index (χ1n) is 5.87. The van der Waals surface area contributed by atoms with Gasteiger partial charge in [0, 0.05) is 19.0 Å². The zero-order valence-corrected chi connectivity index (χ0v) is 10.8. The number of nitrogens with one attached hydrogen (secondary N) is 1. The van der Waals surface area contributed by atoms with E-state index in [1.54, 1.807) is 12.1 Å². The fourth-order valence-electron chi connectivity index (χ4n) is 1.89. The van der Waals surface area contributed by atoms with Crippen LogP contribution in [-0.2, 0) is 13.0 Å². The number of amides is 1. The van der Waals surface area contributed by atoms with Gasteiger partial charge >= 0.3 is 0 Å². The summed E-state index contributed by atoms with van der Waals surface area (Å²) in [4.78, 5) is 16.6. The van der Waals surface area contributed by atoms with Crippen LogP contribution in [0.25, 0.3) is 0 Å². The van der Waals surface area contributed by atoms with E-state index in [1.807, 2.05) is 0 Å². The molecule has 2 heterocycles. The lowest BCUT2D eigenvalue weighted by atomic mass is 10.2. The molecular formula is C13H11FN2O2S. The van der Waals surface area contributed by atoms with Crippen molar-refractivity contribution in [2.45, 2.75) is 13.0 Å². The lowest BCUT2D eigenvalue weighted by Gasteiger charge is -2.09. The van der Waals surface area contributed by atoms with Gasteiger partial charge in [-0.15, -0.1) is 11.3 Å². The van der Waals surface area contributed by atoms with Crippen LogP contribution >= 0.6 is 11.3 Å². The monoisotopic (exact) mass is 278 g/mol. The normalized spacial score (nSPS) is 13.8. The van der Waals surface area contributed by atoms with Crippen molar-refractivity contribution >= 4 is 17.2 Å². The molecule has 1 N–H and O–H groups in total. The standard InChI is InChI=1S/C13H11FN2O2S/c14-8-2-1-3-9(6-8)18-7-11-16-10-4-5-15-13(17)12(10)19-11/h1-3,6H,4-5,7H2,(H,15,17). The molecule has 0 spiro atoms. The van der Waals surface area contributed by atoms with Gasteiger partial charge in [-0.25, -0.2) is 9.37 Å². The molecule has 0 radical (unpaired) electrons. The van der Waals surface area contributed by atoms with Gasteiger partial charge in [0.25, 0.3) is 5.91 Å². The molecule has 3 rings (SSSR count). The Hall–Kier alpha value is -1.95. The molecule has 2 aromatic rings. The Morgan fingerprint density at radius 1 is 1.47 bits per heavy atom. The number of halogens is 1. The molecule has 0 unspecified atom stereocenters. The van der Waals surface area contributed by atoms with E-state index in [0.29, 0.717) is 17.2 Å². The van der Waals surface area contributed by atoms with Crippen LogP contribution in [0.1, 0.15) is 20.4 Å². The van der Waals surface area contributed by atoms with E-state index < -0.39 is 0 Å². The van der Waals surface area contributed by atoms with Gasteiger partial charge in [-0.1, -0.05) is 6.07 Å². The largest absolute Gasteiger partial charge is 0.486 e. The van der Waals surface area contributed by atoms with Gasteiger partial charge in [-0.3, -0.25) is 4.79 Å². The summed E-state index contributed by atoms with van der Waals surface area (Å²) in [5.41, 5.74) is 0.826. The summed E-state index contributed by atoms with van der Waals surface area (Å²) in [5, 5.41) is 3.50. The summed E-state index contributed by atoms with van der Waals surface area (Å²) in [5.74, 6) is 0.0451. The molecule has 6 heteroatoms. The van der Waals surface area contributed by atoms with Gasteiger partial charge in [0.05, 0.1) is 5.69 Å². The Kier molecular flexibility index (Phi) is 3.16. The minimum atomic E-state index is -0.338. The summed E-state index contributed by atoms with van der Waals surface area (Å²) in [6.07, 6.45) is 0.748. The maximum Gasteiger partial charge on any atom is 0.263 e. The van der Waals surface area contributed by atoms with Crippen molar-refractivity contribution in [3.05, 3.63) is 45.7 Å². The summed E-state index contributed by atoms with van der Waals surface area (Å²) in [6, 6.07) is 5.95. The van der Waals surface area contributed by atoms with E-state index in [0.717, 1.165) is 17.1 Å². The van der Waals surface area contributed by atoms with Crippen molar-refractivity contribution < 1.29 is 13.9 Å². The zero-order valence-electron chi connectivity index (χ0n) is 9.98. The van der Waals surface area contributed by atoms with Crippen LogP contribution in [0.15, 0.2) is 24.3 Å². The van der Waals surface area contributed by atoms with Crippen molar-refractivity contribution in [1.29, 1.82) is 0 Å². The lowest BCUT2D eigenvalue weighted by molar-refractivity contribution is 0.0950. The molecule has 19 heavy (non-hydrogen) atoms. The van der Waals surface area contributed by atoms with Crippen LogP contribution in [0.2, 0.25) is 0 Å². The van der Waals surface area contributed by atoms with Crippen molar-refractivity contribution in [1.82, 2.24) is 10.3 Å². The van der Waals surface area contributed by atoms with E-state index in [4.69, 9.17) is 4.74 Å². The van der Waals surface area contributed by atoms with Crippen molar-refractivity contribution in [3.63, 3.8) is 0 Å². The van der Waals surface area contributed by atoms with E-state index >= 15 is 0 Å². The number of thiazole rings is 1. The van der Waals surface area contributed by atoms with E-state index in [1.165, 1.54) is 23.5 Å². The molecule has 98 valence electrons. The molecular weight excluding hydrogens is 267 g/mol. The molecule has 1 aromatic heterocycles. The Morgan fingerprint density at radius 2 is 2.37 bits per heavy atom. The number of rotatable bonds is 3. The number of fused-ring (bicyclic) bond motifs is 1. The molecule has 0 saturated carbocycles. The molecule has 1 aromatic carbocycles. The Bertz CT molecular complexity index is 627. The van der Waals surface area contributed by atoms with Gasteiger partial charge in [-0.2, -0.15) is 0 Å². The average Bonchev–Trinajstić information content (AvgIpc) is 2.81. The number of carbonyl (C=O) groups excluding carboxylic acids is 1. The maximum atomic E-state index is 13.0. The second-order valence-corrected chi connectivity index (χ2v) is 5.22. The minimum Gasteiger partial charge on any atom is -0.486 e. The van der Waals surface area contributed by atoms with Crippen LogP contribution in [-0.4, -0.2) is 17.4 Å². The summed E-state index contributed by atoms with van der Waals surface area (Å²) in [7, 11) is 0. The summed E-state index contributed by atoms with van der Waals surface area (Å²) in [6.45, 7) is 0.869. The second kappa shape index (κ2) is 4.97. The molecule has 1 aliphatic heterocycles. The van der Waals surface area contributed by atoms with Crippen LogP contribution in [0, 0.1) is 5.82 Å². The van der Waals surface area contributed by atoms with Gasteiger partial charge in [-0.05, 0) is 12.1 Å². The third kappa shape index (κ3) is 2.58. The highest BCUT2D eigenvalue weighted by Crippen LogP contribution is 2.23. The zero-order chi connectivity index (χ0) is 13.2. The molecule has 4 nitrogen and oxygen atoms in total. The highest BCUT2D eigenvalue weighted by molar-refractivity contribution is 7.13. The van der Waals surface area contributed by atoms with Crippen molar-refractivity contribution in [3.8, 4) is 5.75 Å². The van der Waals surface area contributed by atoms with Gasteiger partial charge in [0.15, 0.2) is 0 Å². The third-order valence-corrected chi connectivity index (χ3v) is 3.82. The van der Waals surface area contributed by atoms with Gasteiger partial charge < -0.3 is 10.1 Å². The Balaban J connectivity index is 1.72. The fourth-order valence-corrected chi connectivity index (χ4v) is 2.83. The molecule has 1 aliphatic rings. The lowest BCUT2D eigenvalue weighted by Crippen LogP contribution is -2.30. The maximum absolute atomic E-state index is 13.0. The van der Waals surface area contributed by atoms with Crippen LogP contribution in [0.4, 0.5) is 4.39 Å². The predicted octanol–water partition coefficient (Wildman–Crippen LogP) is 2.15. The second-order valence-electron chi connectivity index (χ2n) is 4.14. The quantitative estimate of drug-likeness (QED) is 0.936. The SMILES string of the molecule is O=C1NCCc2nc(COc3cccc(F)c3)sc21. The van der Waals surface area contributed by atoms with Crippen molar-refractivity contribution in [2.24, 2.45) is 0 Å². The Labute approximate surface area is 113 Å². The van der Waals surface area contributed by atoms with Crippen molar-refractivity contribution in [2.75, 3.05) is 6.54 Å². The highest BCUT2D eigenvalue weighted by atomic mass is 32.1. The Morgan fingerprint density at radius 3 is 3.16 bits per heavy atom. The number of hydrogen-bond acceptors (Lipinski definition) is 4. The van der Waals surface area contributed by atoms with E-state index in [9.17, 15) is 9.18 Å². The molecule has 0 saturated heterocycles. The smallest absolute Gasteiger partial charge is 0.263 e. The number of carbonyl (C=O) groups is 1. The number of nitrogens with zero attached hydrogens (tertiary/aromatic N) is 1. The van der Waals surface area contributed by atoms with Crippen LogP contribution in [0.5, 0.6) is 5.75 Å². The molecule has 1 amide bonds. The summed E-state index contributed by atoms with van der Waals surface area (Å²) >= 11 is 1.32.